The first-order valence-electron chi connectivity index (χ1n) is 8.19. The maximum absolute atomic E-state index is 12.2. The van der Waals surface area contributed by atoms with Gasteiger partial charge in [0.2, 0.25) is 0 Å². The minimum Gasteiger partial charge on any atom is -0.451 e. The summed E-state index contributed by atoms with van der Waals surface area (Å²) in [5, 5.41) is 12.6. The zero-order chi connectivity index (χ0) is 18.6. The predicted molar refractivity (Wildman–Crippen MR) is 94.2 cm³/mol. The number of aryl methyl sites for hydroxylation is 1. The number of esters is 1. The predicted octanol–water partition coefficient (Wildman–Crippen LogP) is 2.72. The van der Waals surface area contributed by atoms with Crippen LogP contribution in [0.25, 0.3) is 0 Å². The molecule has 0 radical (unpaired) electrons. The van der Waals surface area contributed by atoms with Crippen LogP contribution in [-0.4, -0.2) is 28.6 Å². The van der Waals surface area contributed by atoms with E-state index < -0.39 is 12.1 Å². The van der Waals surface area contributed by atoms with Crippen LogP contribution >= 0.6 is 0 Å². The summed E-state index contributed by atoms with van der Waals surface area (Å²) in [6, 6.07) is 9.35. The first-order valence-corrected chi connectivity index (χ1v) is 8.19. The van der Waals surface area contributed by atoms with E-state index in [4.69, 9.17) is 4.74 Å². The first kappa shape index (κ1) is 18.7. The lowest BCUT2D eigenvalue weighted by Gasteiger charge is -2.14. The summed E-state index contributed by atoms with van der Waals surface area (Å²) in [5.74, 6) is -0.989. The molecule has 134 valence electrons. The van der Waals surface area contributed by atoms with Gasteiger partial charge in [-0.3, -0.25) is 4.79 Å². The Labute approximate surface area is 147 Å². The first-order chi connectivity index (χ1) is 11.8. The number of ether oxygens (including phenoxy) is 1. The average Bonchev–Trinajstić information content (AvgIpc) is 2.88. The van der Waals surface area contributed by atoms with Crippen molar-refractivity contribution in [2.45, 2.75) is 39.8 Å². The second-order valence-electron chi connectivity index (χ2n) is 6.12. The van der Waals surface area contributed by atoms with Crippen molar-refractivity contribution in [1.82, 2.24) is 10.3 Å². The molecule has 0 aliphatic carbocycles. The lowest BCUT2D eigenvalue weighted by atomic mass is 10.1. The topological polar surface area (TPSA) is 91.4 Å². The van der Waals surface area contributed by atoms with Crippen LogP contribution in [0.5, 0.6) is 0 Å². The van der Waals surface area contributed by atoms with Gasteiger partial charge in [0.25, 0.3) is 5.91 Å². The summed E-state index contributed by atoms with van der Waals surface area (Å²) in [5.41, 5.74) is 3.25. The van der Waals surface area contributed by atoms with Crippen molar-refractivity contribution in [1.29, 1.82) is 0 Å². The fourth-order valence-corrected chi connectivity index (χ4v) is 2.91. The van der Waals surface area contributed by atoms with Crippen LogP contribution in [0.15, 0.2) is 30.3 Å². The molecule has 1 amide bonds. The third kappa shape index (κ3) is 4.48. The van der Waals surface area contributed by atoms with Gasteiger partial charge in [0.05, 0.1) is 12.1 Å². The molecule has 1 aromatic heterocycles. The SMILES string of the molecule is Cc1[nH]c(C(=O)OCC(=O)N[C@@H](C)c2ccccc2)c(C)c1[C@H](C)O. The van der Waals surface area contributed by atoms with Gasteiger partial charge in [-0.1, -0.05) is 30.3 Å². The van der Waals surface area contributed by atoms with Crippen molar-refractivity contribution in [3.05, 3.63) is 58.4 Å². The van der Waals surface area contributed by atoms with Gasteiger partial charge in [-0.2, -0.15) is 0 Å². The molecule has 0 fully saturated rings. The van der Waals surface area contributed by atoms with E-state index in [1.807, 2.05) is 37.3 Å². The van der Waals surface area contributed by atoms with E-state index in [-0.39, 0.29) is 24.2 Å². The monoisotopic (exact) mass is 344 g/mol. The lowest BCUT2D eigenvalue weighted by molar-refractivity contribution is -0.124. The minimum absolute atomic E-state index is 0.177. The summed E-state index contributed by atoms with van der Waals surface area (Å²) >= 11 is 0. The molecule has 1 heterocycles. The Morgan fingerprint density at radius 1 is 1.20 bits per heavy atom. The Morgan fingerprint density at radius 3 is 2.40 bits per heavy atom. The summed E-state index contributed by atoms with van der Waals surface area (Å²) in [6.07, 6.45) is -0.687. The van der Waals surface area contributed by atoms with Crippen LogP contribution in [0.3, 0.4) is 0 Å². The lowest BCUT2D eigenvalue weighted by Crippen LogP contribution is -2.31. The second kappa shape index (κ2) is 7.98. The Balaban J connectivity index is 1.94. The average molecular weight is 344 g/mol. The van der Waals surface area contributed by atoms with E-state index in [1.165, 1.54) is 0 Å². The van der Waals surface area contributed by atoms with Crippen LogP contribution in [0.1, 0.15) is 58.9 Å². The number of rotatable bonds is 6. The van der Waals surface area contributed by atoms with Crippen LogP contribution in [0.2, 0.25) is 0 Å². The fraction of sp³-hybridized carbons (Fsp3) is 0.368. The normalized spacial score (nSPS) is 13.2. The molecule has 3 N–H and O–H groups in total. The molecule has 6 nitrogen and oxygen atoms in total. The van der Waals surface area contributed by atoms with Crippen LogP contribution in [-0.2, 0) is 9.53 Å². The fourth-order valence-electron chi connectivity index (χ4n) is 2.91. The molecule has 2 rings (SSSR count). The Morgan fingerprint density at radius 2 is 1.84 bits per heavy atom. The van der Waals surface area contributed by atoms with Crippen molar-refractivity contribution in [2.24, 2.45) is 0 Å². The largest absolute Gasteiger partial charge is 0.451 e. The van der Waals surface area contributed by atoms with E-state index in [0.29, 0.717) is 16.8 Å². The highest BCUT2D eigenvalue weighted by molar-refractivity contribution is 5.91. The number of amides is 1. The van der Waals surface area contributed by atoms with Gasteiger partial charge in [0.1, 0.15) is 5.69 Å². The molecule has 0 saturated carbocycles. The van der Waals surface area contributed by atoms with Crippen molar-refractivity contribution in [2.75, 3.05) is 6.61 Å². The maximum atomic E-state index is 12.2. The Kier molecular flexibility index (Phi) is 5.98. The molecule has 0 saturated heterocycles. The third-order valence-electron chi connectivity index (χ3n) is 4.13. The molecular weight excluding hydrogens is 320 g/mol. The molecule has 25 heavy (non-hydrogen) atoms. The highest BCUT2D eigenvalue weighted by Crippen LogP contribution is 2.24. The molecule has 2 atom stereocenters. The molecule has 6 heteroatoms. The van der Waals surface area contributed by atoms with Gasteiger partial charge in [-0.05, 0) is 38.8 Å². The number of aliphatic hydroxyl groups excluding tert-OH is 1. The smallest absolute Gasteiger partial charge is 0.355 e. The van der Waals surface area contributed by atoms with Crippen LogP contribution in [0.4, 0.5) is 0 Å². The van der Waals surface area contributed by atoms with Gasteiger partial charge in [-0.25, -0.2) is 4.79 Å². The van der Waals surface area contributed by atoms with Gasteiger partial charge in [-0.15, -0.1) is 0 Å². The van der Waals surface area contributed by atoms with Gasteiger partial charge in [0.15, 0.2) is 6.61 Å². The Bertz CT molecular complexity index is 750. The van der Waals surface area contributed by atoms with Crippen LogP contribution < -0.4 is 5.32 Å². The molecule has 1 aromatic carbocycles. The zero-order valence-corrected chi connectivity index (χ0v) is 14.9. The standard InChI is InChI=1S/C19H24N2O4/c1-11-17(14(4)22)13(3)21-18(11)19(24)25-10-16(23)20-12(2)15-8-6-5-7-9-15/h5-9,12,14,21-22H,10H2,1-4H3,(H,20,23)/t12-,14-/m0/s1. The Hall–Kier alpha value is -2.60. The number of carbonyl (C=O) groups excluding carboxylic acids is 2. The third-order valence-corrected chi connectivity index (χ3v) is 4.13. The molecule has 0 bridgehead atoms. The maximum Gasteiger partial charge on any atom is 0.355 e. The van der Waals surface area contributed by atoms with E-state index >= 15 is 0 Å². The van der Waals surface area contributed by atoms with Crippen molar-refractivity contribution < 1.29 is 19.4 Å². The van der Waals surface area contributed by atoms with Gasteiger partial charge >= 0.3 is 5.97 Å². The molecule has 2 aromatic rings. The number of aromatic amines is 1. The number of H-pyrrole nitrogens is 1. The summed E-state index contributed by atoms with van der Waals surface area (Å²) in [6.45, 7) is 6.65. The quantitative estimate of drug-likeness (QED) is 0.703. The van der Waals surface area contributed by atoms with Crippen molar-refractivity contribution in [3.63, 3.8) is 0 Å². The molecule has 0 unspecified atom stereocenters. The molecule has 0 aliphatic heterocycles. The second-order valence-corrected chi connectivity index (χ2v) is 6.12. The highest BCUT2D eigenvalue weighted by atomic mass is 16.5. The van der Waals surface area contributed by atoms with Crippen molar-refractivity contribution in [3.8, 4) is 0 Å². The number of aromatic nitrogens is 1. The number of hydrogen-bond donors (Lipinski definition) is 3. The van der Waals surface area contributed by atoms with Crippen LogP contribution in [0, 0.1) is 13.8 Å². The minimum atomic E-state index is -0.687. The number of nitrogens with one attached hydrogen (secondary N) is 2. The van der Waals surface area contributed by atoms with Gasteiger partial charge in [0, 0.05) is 11.3 Å². The number of benzene rings is 1. The van der Waals surface area contributed by atoms with E-state index in [0.717, 1.165) is 5.56 Å². The molecule has 0 aliphatic rings. The molecular formula is C19H24N2O4. The number of hydrogen-bond acceptors (Lipinski definition) is 4. The summed E-state index contributed by atoms with van der Waals surface area (Å²) < 4.78 is 5.09. The number of aliphatic hydroxyl groups is 1. The van der Waals surface area contributed by atoms with E-state index in [2.05, 4.69) is 10.3 Å². The van der Waals surface area contributed by atoms with Crippen molar-refractivity contribution >= 4 is 11.9 Å². The summed E-state index contributed by atoms with van der Waals surface area (Å²) in [4.78, 5) is 27.1. The van der Waals surface area contributed by atoms with E-state index in [1.54, 1.807) is 20.8 Å². The molecule has 0 spiro atoms. The summed E-state index contributed by atoms with van der Waals surface area (Å²) in [7, 11) is 0. The van der Waals surface area contributed by atoms with Gasteiger partial charge < -0.3 is 20.1 Å². The highest BCUT2D eigenvalue weighted by Gasteiger charge is 2.21. The number of carbonyl (C=O) groups is 2. The zero-order valence-electron chi connectivity index (χ0n) is 14.9. The van der Waals surface area contributed by atoms with E-state index in [9.17, 15) is 14.7 Å².